The number of halogens is 1. The highest BCUT2D eigenvalue weighted by Crippen LogP contribution is 2.22. The van der Waals surface area contributed by atoms with Crippen molar-refractivity contribution >= 4 is 30.6 Å². The lowest BCUT2D eigenvalue weighted by atomic mass is 10.3. The molecule has 32 heavy (non-hydrogen) atoms. The first-order valence-corrected chi connectivity index (χ1v) is 9.38. The van der Waals surface area contributed by atoms with Gasteiger partial charge < -0.3 is 19.6 Å². The van der Waals surface area contributed by atoms with Crippen molar-refractivity contribution in [1.29, 1.82) is 0 Å². The standard InChI is InChI=1S/C18H19FN8O.2CH2O/c1-10(2)28-16-6-15(25-26-16)27-9-22-13-4-5-14(24-18(13)27)23-11(3)17-20-7-12(19)8-21-17;2*1-2/h4-11H,1-3H3,(H,23,24)(H,25,26);2*1H2/t11-;;/m0../s1. The van der Waals surface area contributed by atoms with Crippen LogP contribution in [0.5, 0.6) is 5.88 Å². The Bertz CT molecular complexity index is 1130. The van der Waals surface area contributed by atoms with Crippen molar-refractivity contribution in [3.63, 3.8) is 0 Å². The number of pyridine rings is 1. The van der Waals surface area contributed by atoms with Crippen LogP contribution in [0.2, 0.25) is 0 Å². The number of nitrogens with zero attached hydrogens (tertiary/aromatic N) is 6. The number of fused-ring (bicyclic) bond motifs is 1. The third-order valence-corrected chi connectivity index (χ3v) is 3.94. The van der Waals surface area contributed by atoms with E-state index in [9.17, 15) is 4.39 Å². The van der Waals surface area contributed by atoms with Crippen molar-refractivity contribution in [1.82, 2.24) is 34.7 Å². The normalized spacial score (nSPS) is 11.2. The van der Waals surface area contributed by atoms with Crippen LogP contribution in [0.3, 0.4) is 0 Å². The fourth-order valence-electron chi connectivity index (χ4n) is 2.70. The number of ether oxygens (including phenoxy) is 1. The summed E-state index contributed by atoms with van der Waals surface area (Å²) in [5, 5.41) is 10.3. The Balaban J connectivity index is 0.000000860. The molecule has 2 N–H and O–H groups in total. The second-order valence-electron chi connectivity index (χ2n) is 6.54. The number of imidazole rings is 1. The molecule has 0 spiro atoms. The molecule has 0 saturated carbocycles. The number of carbonyl (C=O) groups is 2. The SMILES string of the molecule is C=O.C=O.CC(C)Oc1cc(-n2cnc3ccc(N[C@@H](C)c4ncc(F)cn4)nc32)[nH]n1. The third-order valence-electron chi connectivity index (χ3n) is 3.94. The van der Waals surface area contributed by atoms with Crippen LogP contribution in [-0.4, -0.2) is 54.4 Å². The van der Waals surface area contributed by atoms with Gasteiger partial charge in [0.15, 0.2) is 11.5 Å². The lowest BCUT2D eigenvalue weighted by molar-refractivity contribution is -0.0987. The predicted molar refractivity (Wildman–Crippen MR) is 115 cm³/mol. The molecule has 0 amide bonds. The van der Waals surface area contributed by atoms with Crippen LogP contribution < -0.4 is 10.1 Å². The number of H-pyrrole nitrogens is 1. The summed E-state index contributed by atoms with van der Waals surface area (Å²) in [6, 6.07) is 5.22. The van der Waals surface area contributed by atoms with E-state index < -0.39 is 5.82 Å². The van der Waals surface area contributed by atoms with Gasteiger partial charge in [-0.1, -0.05) is 0 Å². The molecular formula is C20H23FN8O3. The highest BCUT2D eigenvalue weighted by molar-refractivity contribution is 5.74. The summed E-state index contributed by atoms with van der Waals surface area (Å²) in [7, 11) is 0. The van der Waals surface area contributed by atoms with Gasteiger partial charge in [-0.15, -0.1) is 5.10 Å². The van der Waals surface area contributed by atoms with Crippen molar-refractivity contribution in [2.45, 2.75) is 32.9 Å². The van der Waals surface area contributed by atoms with Gasteiger partial charge in [0.05, 0.1) is 24.5 Å². The molecule has 12 heteroatoms. The first kappa shape index (κ1) is 24.1. The van der Waals surface area contributed by atoms with Gasteiger partial charge in [0.1, 0.15) is 42.9 Å². The minimum absolute atomic E-state index is 0.0276. The Morgan fingerprint density at radius 1 is 1.09 bits per heavy atom. The molecule has 0 fully saturated rings. The fraction of sp³-hybridized carbons (Fsp3) is 0.250. The van der Waals surface area contributed by atoms with Gasteiger partial charge >= 0.3 is 0 Å². The molecule has 0 aliphatic heterocycles. The van der Waals surface area contributed by atoms with E-state index in [0.29, 0.717) is 29.0 Å². The van der Waals surface area contributed by atoms with Gasteiger partial charge in [0.25, 0.3) is 0 Å². The van der Waals surface area contributed by atoms with Crippen molar-refractivity contribution in [3.05, 3.63) is 48.6 Å². The quantitative estimate of drug-likeness (QED) is 0.461. The molecule has 0 saturated heterocycles. The average Bonchev–Trinajstić information content (AvgIpc) is 3.43. The predicted octanol–water partition coefficient (Wildman–Crippen LogP) is 2.66. The number of hydrogen-bond acceptors (Lipinski definition) is 9. The highest BCUT2D eigenvalue weighted by Gasteiger charge is 2.13. The Kier molecular flexibility index (Phi) is 8.45. The minimum Gasteiger partial charge on any atom is -0.474 e. The Morgan fingerprint density at radius 3 is 2.44 bits per heavy atom. The summed E-state index contributed by atoms with van der Waals surface area (Å²) in [6.45, 7) is 9.75. The lowest BCUT2D eigenvalue weighted by Crippen LogP contribution is -2.11. The maximum atomic E-state index is 13.0. The van der Waals surface area contributed by atoms with Gasteiger partial charge in [-0.3, -0.25) is 9.67 Å². The van der Waals surface area contributed by atoms with Crippen molar-refractivity contribution < 1.29 is 18.7 Å². The van der Waals surface area contributed by atoms with Crippen molar-refractivity contribution in [2.24, 2.45) is 0 Å². The fourth-order valence-corrected chi connectivity index (χ4v) is 2.70. The van der Waals surface area contributed by atoms with Gasteiger partial charge in [-0.25, -0.2) is 24.3 Å². The zero-order chi connectivity index (χ0) is 23.7. The zero-order valence-corrected chi connectivity index (χ0v) is 17.8. The molecular weight excluding hydrogens is 419 g/mol. The summed E-state index contributed by atoms with van der Waals surface area (Å²) < 4.78 is 20.4. The highest BCUT2D eigenvalue weighted by atomic mass is 19.1. The molecule has 11 nitrogen and oxygen atoms in total. The molecule has 0 aromatic carbocycles. The Morgan fingerprint density at radius 2 is 1.78 bits per heavy atom. The lowest BCUT2D eigenvalue weighted by Gasteiger charge is -2.13. The molecule has 4 heterocycles. The van der Waals surface area contributed by atoms with Crippen LogP contribution in [0.1, 0.15) is 32.6 Å². The molecule has 0 aliphatic carbocycles. The molecule has 1 atom stereocenters. The second-order valence-corrected chi connectivity index (χ2v) is 6.54. The summed E-state index contributed by atoms with van der Waals surface area (Å²) in [6.07, 6.45) is 3.98. The Hall–Kier alpha value is -4.22. The number of rotatable bonds is 6. The van der Waals surface area contributed by atoms with E-state index >= 15 is 0 Å². The van der Waals surface area contributed by atoms with E-state index in [1.807, 2.05) is 46.5 Å². The van der Waals surface area contributed by atoms with Crippen molar-refractivity contribution in [3.8, 4) is 11.7 Å². The third kappa shape index (κ3) is 5.68. The van der Waals surface area contributed by atoms with Gasteiger partial charge in [0.2, 0.25) is 5.88 Å². The summed E-state index contributed by atoms with van der Waals surface area (Å²) in [5.74, 6) is 1.81. The van der Waals surface area contributed by atoms with Crippen LogP contribution in [0, 0.1) is 5.82 Å². The number of aromatic amines is 1. The van der Waals surface area contributed by atoms with E-state index in [4.69, 9.17) is 14.3 Å². The van der Waals surface area contributed by atoms with E-state index in [1.165, 1.54) is 0 Å². The number of nitrogens with one attached hydrogen (secondary N) is 2. The second kappa shape index (κ2) is 11.2. The van der Waals surface area contributed by atoms with E-state index in [1.54, 1.807) is 17.0 Å². The van der Waals surface area contributed by atoms with Crippen LogP contribution in [0.15, 0.2) is 36.9 Å². The molecule has 0 aliphatic rings. The zero-order valence-electron chi connectivity index (χ0n) is 17.8. The average molecular weight is 442 g/mol. The maximum Gasteiger partial charge on any atom is 0.234 e. The minimum atomic E-state index is -0.472. The van der Waals surface area contributed by atoms with E-state index in [-0.39, 0.29) is 12.1 Å². The summed E-state index contributed by atoms with van der Waals surface area (Å²) in [4.78, 5) is 33.0. The molecule has 4 rings (SSSR count). The number of hydrogen-bond donors (Lipinski definition) is 2. The number of carbonyl (C=O) groups excluding carboxylic acids is 2. The molecule has 0 bridgehead atoms. The summed E-state index contributed by atoms with van der Waals surface area (Å²) in [5.41, 5.74) is 1.38. The topological polar surface area (TPSA) is 141 Å². The first-order valence-electron chi connectivity index (χ1n) is 9.38. The smallest absolute Gasteiger partial charge is 0.234 e. The maximum absolute atomic E-state index is 13.0. The number of aromatic nitrogens is 7. The van der Waals surface area contributed by atoms with Gasteiger partial charge in [-0.2, -0.15) is 0 Å². The molecule has 168 valence electrons. The summed E-state index contributed by atoms with van der Waals surface area (Å²) >= 11 is 0. The monoisotopic (exact) mass is 442 g/mol. The van der Waals surface area contributed by atoms with Crippen LogP contribution in [0.25, 0.3) is 17.0 Å². The van der Waals surface area contributed by atoms with E-state index in [2.05, 4.69) is 35.5 Å². The van der Waals surface area contributed by atoms with Gasteiger partial charge in [0, 0.05) is 6.07 Å². The van der Waals surface area contributed by atoms with Crippen LogP contribution in [-0.2, 0) is 9.59 Å². The van der Waals surface area contributed by atoms with Gasteiger partial charge in [-0.05, 0) is 32.9 Å². The Labute approximate surface area is 183 Å². The molecule has 4 aromatic rings. The van der Waals surface area contributed by atoms with Crippen molar-refractivity contribution in [2.75, 3.05) is 5.32 Å². The van der Waals surface area contributed by atoms with Crippen LogP contribution in [0.4, 0.5) is 10.2 Å². The van der Waals surface area contributed by atoms with E-state index in [0.717, 1.165) is 17.9 Å². The molecule has 0 unspecified atom stereocenters. The largest absolute Gasteiger partial charge is 0.474 e. The van der Waals surface area contributed by atoms with Crippen LogP contribution >= 0.6 is 0 Å². The molecule has 4 aromatic heterocycles. The molecule has 0 radical (unpaired) electrons. The first-order chi connectivity index (χ1) is 15.5. The number of anilines is 1.